The van der Waals surface area contributed by atoms with Crippen LogP contribution in [0.3, 0.4) is 0 Å². The van der Waals surface area contributed by atoms with Crippen molar-refractivity contribution < 1.29 is 9.59 Å². The highest BCUT2D eigenvalue weighted by atomic mass is 16.2. The highest BCUT2D eigenvalue weighted by Crippen LogP contribution is 2.23. The molecule has 0 unspecified atom stereocenters. The number of hydrogen-bond donors (Lipinski definition) is 0. The Morgan fingerprint density at radius 2 is 1.88 bits per heavy atom. The smallest absolute Gasteiger partial charge is 0.254 e. The molecule has 0 spiro atoms. The van der Waals surface area contributed by atoms with Gasteiger partial charge in [-0.2, -0.15) is 0 Å². The van der Waals surface area contributed by atoms with Gasteiger partial charge < -0.3 is 9.80 Å². The van der Waals surface area contributed by atoms with Crippen LogP contribution in [0.1, 0.15) is 58.9 Å². The summed E-state index contributed by atoms with van der Waals surface area (Å²) in [7, 11) is 0. The lowest BCUT2D eigenvalue weighted by Gasteiger charge is -2.31. The number of amides is 2. The van der Waals surface area contributed by atoms with E-state index in [1.54, 1.807) is 0 Å². The van der Waals surface area contributed by atoms with Crippen molar-refractivity contribution in [2.75, 3.05) is 39.3 Å². The average molecular weight is 355 g/mol. The molecule has 1 aromatic rings. The second kappa shape index (κ2) is 7.39. The number of carbonyl (C=O) groups is 2. The van der Waals surface area contributed by atoms with E-state index in [2.05, 4.69) is 11.8 Å². The minimum atomic E-state index is 0.114. The zero-order chi connectivity index (χ0) is 18.1. The lowest BCUT2D eigenvalue weighted by molar-refractivity contribution is 0.0714. The number of hydrogen-bond acceptors (Lipinski definition) is 3. The molecule has 2 fully saturated rings. The zero-order valence-corrected chi connectivity index (χ0v) is 15.7. The molecule has 0 bridgehead atoms. The van der Waals surface area contributed by atoms with Crippen molar-refractivity contribution in [2.24, 2.45) is 0 Å². The highest BCUT2D eigenvalue weighted by Gasteiger charge is 2.28. The molecular formula is C21H29N3O2. The molecule has 3 heterocycles. The van der Waals surface area contributed by atoms with Gasteiger partial charge in [-0.05, 0) is 69.3 Å². The zero-order valence-electron chi connectivity index (χ0n) is 15.7. The van der Waals surface area contributed by atoms with E-state index in [0.717, 1.165) is 75.2 Å². The SMILES string of the molecule is C[C@@H]1CCCN1CCN1CCc2cc(C(=O)N3CCCC3)ccc2C1=O. The molecular weight excluding hydrogens is 326 g/mol. The van der Waals surface area contributed by atoms with Crippen LogP contribution in [0.5, 0.6) is 0 Å². The van der Waals surface area contributed by atoms with Crippen molar-refractivity contribution in [3.63, 3.8) is 0 Å². The van der Waals surface area contributed by atoms with Gasteiger partial charge in [0.1, 0.15) is 0 Å². The first kappa shape index (κ1) is 17.5. The van der Waals surface area contributed by atoms with Crippen LogP contribution >= 0.6 is 0 Å². The largest absolute Gasteiger partial charge is 0.339 e. The summed E-state index contributed by atoms with van der Waals surface area (Å²) < 4.78 is 0. The molecule has 4 rings (SSSR count). The molecule has 3 aliphatic heterocycles. The standard InChI is InChI=1S/C21H29N3O2/c1-16-5-4-11-22(16)13-14-24-12-8-17-15-18(6-7-19(17)21(24)26)20(25)23-9-2-3-10-23/h6-7,15-16H,2-5,8-14H2,1H3/t16-/m1/s1. The summed E-state index contributed by atoms with van der Waals surface area (Å²) in [6, 6.07) is 6.30. The topological polar surface area (TPSA) is 43.9 Å². The van der Waals surface area contributed by atoms with E-state index in [9.17, 15) is 9.59 Å². The first-order chi connectivity index (χ1) is 12.6. The first-order valence-electron chi connectivity index (χ1n) is 10.1. The molecule has 2 amide bonds. The summed E-state index contributed by atoms with van der Waals surface area (Å²) in [5, 5.41) is 0. The Hall–Kier alpha value is -1.88. The van der Waals surface area contributed by atoms with Crippen LogP contribution in [-0.2, 0) is 6.42 Å². The molecule has 3 aliphatic rings. The number of nitrogens with zero attached hydrogens (tertiary/aromatic N) is 3. The highest BCUT2D eigenvalue weighted by molar-refractivity contribution is 6.00. The minimum absolute atomic E-state index is 0.114. The molecule has 140 valence electrons. The van der Waals surface area contributed by atoms with E-state index in [-0.39, 0.29) is 11.8 Å². The number of likely N-dealkylation sites (tertiary alicyclic amines) is 2. The Labute approximate surface area is 155 Å². The minimum Gasteiger partial charge on any atom is -0.339 e. The molecule has 0 saturated carbocycles. The quantitative estimate of drug-likeness (QED) is 0.833. The van der Waals surface area contributed by atoms with Crippen molar-refractivity contribution in [3.8, 4) is 0 Å². The third-order valence-corrected chi connectivity index (χ3v) is 6.26. The van der Waals surface area contributed by atoms with Crippen LogP contribution in [0, 0.1) is 0 Å². The third-order valence-electron chi connectivity index (χ3n) is 6.26. The molecule has 0 aliphatic carbocycles. The van der Waals surface area contributed by atoms with Crippen molar-refractivity contribution in [3.05, 3.63) is 34.9 Å². The summed E-state index contributed by atoms with van der Waals surface area (Å²) in [4.78, 5) is 31.8. The maximum atomic E-state index is 12.9. The molecule has 2 saturated heterocycles. The number of fused-ring (bicyclic) bond motifs is 1. The Morgan fingerprint density at radius 3 is 2.62 bits per heavy atom. The lowest BCUT2D eigenvalue weighted by atomic mass is 9.96. The molecule has 0 aromatic heterocycles. The Bertz CT molecular complexity index is 696. The van der Waals surface area contributed by atoms with Gasteiger partial charge in [0.05, 0.1) is 0 Å². The molecule has 1 aromatic carbocycles. The van der Waals surface area contributed by atoms with E-state index < -0.39 is 0 Å². The first-order valence-corrected chi connectivity index (χ1v) is 10.1. The van der Waals surface area contributed by atoms with Gasteiger partial charge in [0.2, 0.25) is 0 Å². The van der Waals surface area contributed by atoms with E-state index >= 15 is 0 Å². The van der Waals surface area contributed by atoms with Crippen molar-refractivity contribution in [1.29, 1.82) is 0 Å². The number of benzene rings is 1. The fourth-order valence-corrected chi connectivity index (χ4v) is 4.56. The van der Waals surface area contributed by atoms with E-state index in [1.807, 2.05) is 28.0 Å². The second-order valence-corrected chi connectivity index (χ2v) is 7.94. The lowest BCUT2D eigenvalue weighted by Crippen LogP contribution is -2.43. The number of carbonyl (C=O) groups excluding carboxylic acids is 2. The number of rotatable bonds is 4. The predicted molar refractivity (Wildman–Crippen MR) is 101 cm³/mol. The van der Waals surface area contributed by atoms with Crippen molar-refractivity contribution in [2.45, 2.75) is 45.1 Å². The van der Waals surface area contributed by atoms with Crippen LogP contribution in [0.15, 0.2) is 18.2 Å². The van der Waals surface area contributed by atoms with Gasteiger partial charge in [-0.1, -0.05) is 0 Å². The fraction of sp³-hybridized carbons (Fsp3) is 0.619. The van der Waals surface area contributed by atoms with Gasteiger partial charge >= 0.3 is 0 Å². The monoisotopic (exact) mass is 355 g/mol. The predicted octanol–water partition coefficient (Wildman–Crippen LogP) is 2.41. The summed E-state index contributed by atoms with van der Waals surface area (Å²) in [5.41, 5.74) is 2.55. The van der Waals surface area contributed by atoms with Gasteiger partial charge in [0.15, 0.2) is 0 Å². The van der Waals surface area contributed by atoms with Gasteiger partial charge in [-0.15, -0.1) is 0 Å². The van der Waals surface area contributed by atoms with Crippen LogP contribution in [-0.4, -0.2) is 71.8 Å². The van der Waals surface area contributed by atoms with Crippen LogP contribution < -0.4 is 0 Å². The molecule has 5 nitrogen and oxygen atoms in total. The third kappa shape index (κ3) is 3.37. The van der Waals surface area contributed by atoms with Crippen LogP contribution in [0.4, 0.5) is 0 Å². The molecule has 0 N–H and O–H groups in total. The summed E-state index contributed by atoms with van der Waals surface area (Å²) in [6.07, 6.45) is 5.58. The fourth-order valence-electron chi connectivity index (χ4n) is 4.56. The van der Waals surface area contributed by atoms with Crippen LogP contribution in [0.25, 0.3) is 0 Å². The van der Waals surface area contributed by atoms with E-state index in [1.165, 1.54) is 12.8 Å². The summed E-state index contributed by atoms with van der Waals surface area (Å²) >= 11 is 0. The average Bonchev–Trinajstić information content (AvgIpc) is 3.32. The van der Waals surface area contributed by atoms with Gasteiger partial charge in [0.25, 0.3) is 11.8 Å². The normalized spacial score (nSPS) is 23.6. The Balaban J connectivity index is 1.42. The molecule has 5 heteroatoms. The summed E-state index contributed by atoms with van der Waals surface area (Å²) in [5.74, 6) is 0.237. The molecule has 26 heavy (non-hydrogen) atoms. The summed E-state index contributed by atoms with van der Waals surface area (Å²) in [6.45, 7) is 7.68. The van der Waals surface area contributed by atoms with E-state index in [0.29, 0.717) is 6.04 Å². The molecule has 0 radical (unpaired) electrons. The van der Waals surface area contributed by atoms with Gasteiger partial charge in [0, 0.05) is 49.9 Å². The maximum Gasteiger partial charge on any atom is 0.254 e. The van der Waals surface area contributed by atoms with Crippen LogP contribution in [0.2, 0.25) is 0 Å². The molecule has 1 atom stereocenters. The van der Waals surface area contributed by atoms with Gasteiger partial charge in [-0.25, -0.2) is 0 Å². The maximum absolute atomic E-state index is 12.9. The Kier molecular flexibility index (Phi) is 4.98. The van der Waals surface area contributed by atoms with Gasteiger partial charge in [-0.3, -0.25) is 14.5 Å². The second-order valence-electron chi connectivity index (χ2n) is 7.94. The Morgan fingerprint density at radius 1 is 1.08 bits per heavy atom. The van der Waals surface area contributed by atoms with E-state index in [4.69, 9.17) is 0 Å². The van der Waals surface area contributed by atoms with Crippen molar-refractivity contribution in [1.82, 2.24) is 14.7 Å². The van der Waals surface area contributed by atoms with Crippen molar-refractivity contribution >= 4 is 11.8 Å².